The summed E-state index contributed by atoms with van der Waals surface area (Å²) in [6.45, 7) is -0.139. The van der Waals surface area contributed by atoms with Gasteiger partial charge in [-0.15, -0.1) is 0 Å². The number of benzene rings is 1. The molecule has 4 nitrogen and oxygen atoms in total. The second kappa shape index (κ2) is 6.30. The van der Waals surface area contributed by atoms with Crippen LogP contribution in [0.3, 0.4) is 0 Å². The molecule has 0 aliphatic rings. The molecule has 0 saturated heterocycles. The number of aromatic nitrogens is 1. The van der Waals surface area contributed by atoms with Gasteiger partial charge in [-0.2, -0.15) is 0 Å². The number of sulfonamides is 1. The van der Waals surface area contributed by atoms with Crippen LogP contribution in [-0.2, 0) is 16.6 Å². The van der Waals surface area contributed by atoms with Gasteiger partial charge in [-0.1, -0.05) is 15.9 Å². The standard InChI is InChI=1S/C12H9Br2FN2O2S/c13-9-1-2-12(15)8(3-9)5-17-20(18,19)11-4-10(14)6-16-7-11/h1-4,6-7,17H,5H2. The lowest BCUT2D eigenvalue weighted by Crippen LogP contribution is -2.23. The molecule has 0 radical (unpaired) electrons. The van der Waals surface area contributed by atoms with Crippen molar-refractivity contribution in [3.05, 3.63) is 57.0 Å². The van der Waals surface area contributed by atoms with Gasteiger partial charge in [0.25, 0.3) is 0 Å². The second-order valence-electron chi connectivity index (χ2n) is 3.90. The van der Waals surface area contributed by atoms with E-state index in [0.717, 1.165) is 0 Å². The molecule has 0 saturated carbocycles. The van der Waals surface area contributed by atoms with Crippen molar-refractivity contribution in [3.63, 3.8) is 0 Å². The summed E-state index contributed by atoms with van der Waals surface area (Å²) < 4.78 is 41.2. The summed E-state index contributed by atoms with van der Waals surface area (Å²) in [5.74, 6) is -0.469. The SMILES string of the molecule is O=S(=O)(NCc1cc(Br)ccc1F)c1cncc(Br)c1. The minimum absolute atomic E-state index is 0.0160. The molecule has 0 amide bonds. The molecule has 0 spiro atoms. The number of rotatable bonds is 4. The molecule has 0 fully saturated rings. The summed E-state index contributed by atoms with van der Waals surface area (Å²) in [6.07, 6.45) is 2.71. The van der Waals surface area contributed by atoms with Crippen LogP contribution < -0.4 is 4.72 Å². The predicted molar refractivity (Wildman–Crippen MR) is 80.1 cm³/mol. The summed E-state index contributed by atoms with van der Waals surface area (Å²) in [5, 5.41) is 0. The van der Waals surface area contributed by atoms with Crippen LogP contribution in [0.2, 0.25) is 0 Å². The molecular formula is C12H9Br2FN2O2S. The van der Waals surface area contributed by atoms with E-state index in [0.29, 0.717) is 8.95 Å². The van der Waals surface area contributed by atoms with Crippen molar-refractivity contribution in [2.75, 3.05) is 0 Å². The van der Waals surface area contributed by atoms with Gasteiger partial charge in [-0.3, -0.25) is 4.98 Å². The molecule has 1 N–H and O–H groups in total. The van der Waals surface area contributed by atoms with Crippen LogP contribution in [0.5, 0.6) is 0 Å². The number of pyridine rings is 1. The van der Waals surface area contributed by atoms with Gasteiger partial charge in [-0.05, 0) is 40.2 Å². The van der Waals surface area contributed by atoms with Crippen LogP contribution in [0.25, 0.3) is 0 Å². The average molecular weight is 424 g/mol. The Bertz CT molecular complexity index is 738. The molecule has 1 aromatic heterocycles. The third-order valence-corrected chi connectivity index (χ3v) is 4.75. The molecule has 8 heteroatoms. The highest BCUT2D eigenvalue weighted by atomic mass is 79.9. The highest BCUT2D eigenvalue weighted by Gasteiger charge is 2.15. The fourth-order valence-corrected chi connectivity index (χ4v) is 3.39. The Labute approximate surface area is 132 Å². The van der Waals surface area contributed by atoms with Crippen molar-refractivity contribution in [3.8, 4) is 0 Å². The Morgan fingerprint density at radius 2 is 1.90 bits per heavy atom. The summed E-state index contributed by atoms with van der Waals surface area (Å²) in [6, 6.07) is 5.77. The topological polar surface area (TPSA) is 59.1 Å². The van der Waals surface area contributed by atoms with E-state index < -0.39 is 15.8 Å². The first kappa shape index (κ1) is 15.6. The molecule has 0 unspecified atom stereocenters. The maximum absolute atomic E-state index is 13.5. The number of hydrogen-bond donors (Lipinski definition) is 1. The van der Waals surface area contributed by atoms with E-state index in [1.54, 1.807) is 6.07 Å². The van der Waals surface area contributed by atoms with Crippen LogP contribution in [0.1, 0.15) is 5.56 Å². The van der Waals surface area contributed by atoms with Crippen molar-refractivity contribution in [1.29, 1.82) is 0 Å². The van der Waals surface area contributed by atoms with E-state index in [2.05, 4.69) is 41.6 Å². The predicted octanol–water partition coefficient (Wildman–Crippen LogP) is 3.22. The maximum atomic E-state index is 13.5. The first-order valence-corrected chi connectivity index (χ1v) is 8.49. The van der Waals surface area contributed by atoms with E-state index in [4.69, 9.17) is 0 Å². The maximum Gasteiger partial charge on any atom is 0.242 e. The lowest BCUT2D eigenvalue weighted by molar-refractivity contribution is 0.574. The third kappa shape index (κ3) is 3.85. The Morgan fingerprint density at radius 1 is 1.15 bits per heavy atom. The lowest BCUT2D eigenvalue weighted by Gasteiger charge is -2.08. The molecular weight excluding hydrogens is 415 g/mol. The highest BCUT2D eigenvalue weighted by Crippen LogP contribution is 2.17. The molecule has 20 heavy (non-hydrogen) atoms. The molecule has 1 aromatic carbocycles. The largest absolute Gasteiger partial charge is 0.262 e. The second-order valence-corrected chi connectivity index (χ2v) is 7.50. The summed E-state index contributed by atoms with van der Waals surface area (Å²) in [7, 11) is -3.74. The van der Waals surface area contributed by atoms with Crippen molar-refractivity contribution in [2.24, 2.45) is 0 Å². The zero-order valence-corrected chi connectivity index (χ0v) is 14.0. The molecule has 0 bridgehead atoms. The fraction of sp³-hybridized carbons (Fsp3) is 0.0833. The van der Waals surface area contributed by atoms with E-state index in [9.17, 15) is 12.8 Å². The Kier molecular flexibility index (Phi) is 4.90. The van der Waals surface area contributed by atoms with E-state index in [1.165, 1.54) is 30.6 Å². The number of hydrogen-bond acceptors (Lipinski definition) is 3. The smallest absolute Gasteiger partial charge is 0.242 e. The first-order chi connectivity index (χ1) is 9.38. The zero-order chi connectivity index (χ0) is 14.8. The minimum Gasteiger partial charge on any atom is -0.262 e. The van der Waals surface area contributed by atoms with E-state index in [-0.39, 0.29) is 17.0 Å². The van der Waals surface area contributed by atoms with Crippen LogP contribution >= 0.6 is 31.9 Å². The van der Waals surface area contributed by atoms with Crippen LogP contribution in [0.4, 0.5) is 4.39 Å². The lowest BCUT2D eigenvalue weighted by atomic mass is 10.2. The van der Waals surface area contributed by atoms with Gasteiger partial charge >= 0.3 is 0 Å². The molecule has 1 heterocycles. The molecule has 0 atom stereocenters. The number of nitrogens with zero attached hydrogens (tertiary/aromatic N) is 1. The normalized spacial score (nSPS) is 11.6. The van der Waals surface area contributed by atoms with Gasteiger partial charge < -0.3 is 0 Å². The van der Waals surface area contributed by atoms with Gasteiger partial charge in [0.2, 0.25) is 10.0 Å². The number of halogens is 3. The molecule has 2 rings (SSSR count). The Balaban J connectivity index is 2.19. The zero-order valence-electron chi connectivity index (χ0n) is 9.98. The summed E-state index contributed by atoms with van der Waals surface area (Å²) in [4.78, 5) is 3.81. The minimum atomic E-state index is -3.74. The van der Waals surface area contributed by atoms with Crippen molar-refractivity contribution < 1.29 is 12.8 Å². The van der Waals surface area contributed by atoms with Crippen molar-refractivity contribution in [2.45, 2.75) is 11.4 Å². The average Bonchev–Trinajstić information content (AvgIpc) is 2.40. The monoisotopic (exact) mass is 422 g/mol. The van der Waals surface area contributed by atoms with Gasteiger partial charge in [0.1, 0.15) is 10.7 Å². The van der Waals surface area contributed by atoms with E-state index >= 15 is 0 Å². The van der Waals surface area contributed by atoms with Crippen LogP contribution in [0.15, 0.2) is 50.5 Å². The fourth-order valence-electron chi connectivity index (χ4n) is 1.47. The van der Waals surface area contributed by atoms with Gasteiger partial charge in [-0.25, -0.2) is 17.5 Å². The quantitative estimate of drug-likeness (QED) is 0.821. The molecule has 0 aliphatic carbocycles. The number of nitrogens with one attached hydrogen (secondary N) is 1. The van der Waals surface area contributed by atoms with E-state index in [1.807, 2.05) is 0 Å². The molecule has 2 aromatic rings. The Hall–Kier alpha value is -0.830. The van der Waals surface area contributed by atoms with Crippen molar-refractivity contribution in [1.82, 2.24) is 9.71 Å². The van der Waals surface area contributed by atoms with Gasteiger partial charge in [0, 0.05) is 33.4 Å². The van der Waals surface area contributed by atoms with Crippen LogP contribution in [-0.4, -0.2) is 13.4 Å². The van der Waals surface area contributed by atoms with Crippen LogP contribution in [0, 0.1) is 5.82 Å². The first-order valence-electron chi connectivity index (χ1n) is 5.42. The molecule has 0 aliphatic heterocycles. The van der Waals surface area contributed by atoms with Crippen molar-refractivity contribution >= 4 is 41.9 Å². The van der Waals surface area contributed by atoms with Gasteiger partial charge in [0.15, 0.2) is 0 Å². The Morgan fingerprint density at radius 3 is 2.60 bits per heavy atom. The summed E-state index contributed by atoms with van der Waals surface area (Å²) >= 11 is 6.36. The van der Waals surface area contributed by atoms with Gasteiger partial charge in [0.05, 0.1) is 0 Å². The highest BCUT2D eigenvalue weighted by molar-refractivity contribution is 9.10. The third-order valence-electron chi connectivity index (χ3n) is 2.45. The summed E-state index contributed by atoms with van der Waals surface area (Å²) in [5.41, 5.74) is 0.255. The molecule has 106 valence electrons.